The van der Waals surface area contributed by atoms with Gasteiger partial charge in [-0.1, -0.05) is 0 Å². The van der Waals surface area contributed by atoms with Gasteiger partial charge < -0.3 is 13.9 Å². The molecule has 4 nitrogen and oxygen atoms in total. The first-order valence-corrected chi connectivity index (χ1v) is 6.74. The van der Waals surface area contributed by atoms with Crippen molar-refractivity contribution in [3.05, 3.63) is 59.9 Å². The Morgan fingerprint density at radius 1 is 1.04 bits per heavy atom. The van der Waals surface area contributed by atoms with Gasteiger partial charge in [-0.25, -0.2) is 0 Å². The molecule has 1 aromatic heterocycles. The minimum Gasteiger partial charge on any atom is -0.497 e. The first-order valence-electron chi connectivity index (χ1n) is 6.74. The molecule has 3 rings (SSSR count). The normalized spacial score (nSPS) is 11.0. The van der Waals surface area contributed by atoms with Crippen molar-refractivity contribution in [3.63, 3.8) is 0 Å². The van der Waals surface area contributed by atoms with Crippen molar-refractivity contribution in [2.45, 2.75) is 6.61 Å². The number of methoxy groups -OCH3 is 1. The van der Waals surface area contributed by atoms with E-state index in [9.17, 15) is 13.6 Å². The highest BCUT2D eigenvalue weighted by Crippen LogP contribution is 2.26. The van der Waals surface area contributed by atoms with Crippen LogP contribution in [0.15, 0.2) is 52.9 Å². The summed E-state index contributed by atoms with van der Waals surface area (Å²) in [6, 6.07) is 12.3. The molecule has 0 N–H and O–H groups in total. The molecule has 118 valence electrons. The summed E-state index contributed by atoms with van der Waals surface area (Å²) < 4.78 is 39.1. The lowest BCUT2D eigenvalue weighted by atomic mass is 10.1. The van der Waals surface area contributed by atoms with Crippen molar-refractivity contribution in [2.75, 3.05) is 7.11 Å². The standard InChI is InChI=1S/C17H12F2O4/c1-21-13-7-4-11-8-15(23-14(11)9-13)16(20)10-2-5-12(6-3-10)22-17(18)19/h2-9,17H,1H3. The summed E-state index contributed by atoms with van der Waals surface area (Å²) in [5.41, 5.74) is 0.850. The van der Waals surface area contributed by atoms with E-state index in [0.29, 0.717) is 16.9 Å². The van der Waals surface area contributed by atoms with Gasteiger partial charge in [-0.3, -0.25) is 4.79 Å². The van der Waals surface area contributed by atoms with Crippen LogP contribution in [0.1, 0.15) is 16.1 Å². The van der Waals surface area contributed by atoms with Crippen LogP contribution in [0.5, 0.6) is 11.5 Å². The Hall–Kier alpha value is -2.89. The van der Waals surface area contributed by atoms with Crippen molar-refractivity contribution in [3.8, 4) is 11.5 Å². The van der Waals surface area contributed by atoms with Gasteiger partial charge in [-0.05, 0) is 42.5 Å². The quantitative estimate of drug-likeness (QED) is 0.659. The number of ketones is 1. The van der Waals surface area contributed by atoms with Gasteiger partial charge >= 0.3 is 6.61 Å². The largest absolute Gasteiger partial charge is 0.497 e. The van der Waals surface area contributed by atoms with Crippen LogP contribution in [0.4, 0.5) is 8.78 Å². The third-order valence-electron chi connectivity index (χ3n) is 3.29. The van der Waals surface area contributed by atoms with E-state index in [-0.39, 0.29) is 17.3 Å². The van der Waals surface area contributed by atoms with Crippen LogP contribution < -0.4 is 9.47 Å². The smallest absolute Gasteiger partial charge is 0.387 e. The number of furan rings is 1. The van der Waals surface area contributed by atoms with E-state index in [1.165, 1.54) is 24.3 Å². The Kier molecular flexibility index (Phi) is 3.97. The molecule has 0 radical (unpaired) electrons. The Morgan fingerprint density at radius 3 is 2.39 bits per heavy atom. The van der Waals surface area contributed by atoms with E-state index >= 15 is 0 Å². The molecule has 23 heavy (non-hydrogen) atoms. The number of halogens is 2. The molecule has 0 atom stereocenters. The van der Waals surface area contributed by atoms with Gasteiger partial charge in [0.1, 0.15) is 17.1 Å². The van der Waals surface area contributed by atoms with Gasteiger partial charge in [-0.2, -0.15) is 8.78 Å². The van der Waals surface area contributed by atoms with Gasteiger partial charge in [0, 0.05) is 17.0 Å². The van der Waals surface area contributed by atoms with Crippen LogP contribution in [-0.4, -0.2) is 19.5 Å². The van der Waals surface area contributed by atoms with Gasteiger partial charge in [-0.15, -0.1) is 0 Å². The van der Waals surface area contributed by atoms with Gasteiger partial charge in [0.25, 0.3) is 0 Å². The lowest BCUT2D eigenvalue weighted by molar-refractivity contribution is -0.0498. The monoisotopic (exact) mass is 318 g/mol. The fourth-order valence-electron chi connectivity index (χ4n) is 2.18. The zero-order valence-corrected chi connectivity index (χ0v) is 12.1. The predicted octanol–water partition coefficient (Wildman–Crippen LogP) is 4.27. The molecule has 0 amide bonds. The van der Waals surface area contributed by atoms with Crippen LogP contribution in [0, 0.1) is 0 Å². The molecule has 0 saturated heterocycles. The number of ether oxygens (including phenoxy) is 2. The Labute approximate surface area is 130 Å². The van der Waals surface area contributed by atoms with Gasteiger partial charge in [0.05, 0.1) is 7.11 Å². The van der Waals surface area contributed by atoms with Crippen LogP contribution in [0.3, 0.4) is 0 Å². The van der Waals surface area contributed by atoms with Crippen molar-refractivity contribution in [2.24, 2.45) is 0 Å². The first kappa shape index (κ1) is 15.0. The van der Waals surface area contributed by atoms with Crippen molar-refractivity contribution < 1.29 is 27.5 Å². The maximum absolute atomic E-state index is 12.4. The highest BCUT2D eigenvalue weighted by atomic mass is 19.3. The average molecular weight is 318 g/mol. The maximum Gasteiger partial charge on any atom is 0.387 e. The third-order valence-corrected chi connectivity index (χ3v) is 3.29. The topological polar surface area (TPSA) is 48.7 Å². The van der Waals surface area contributed by atoms with E-state index in [1.807, 2.05) is 0 Å². The Bertz CT molecular complexity index is 837. The molecule has 0 bridgehead atoms. The van der Waals surface area contributed by atoms with Crippen molar-refractivity contribution in [1.82, 2.24) is 0 Å². The lowest BCUT2D eigenvalue weighted by Crippen LogP contribution is -2.03. The van der Waals surface area contributed by atoms with Crippen LogP contribution in [0.25, 0.3) is 11.0 Å². The molecule has 0 aliphatic heterocycles. The molecule has 0 unspecified atom stereocenters. The molecule has 0 aliphatic rings. The van der Waals surface area contributed by atoms with Gasteiger partial charge in [0.2, 0.25) is 5.78 Å². The van der Waals surface area contributed by atoms with Crippen LogP contribution in [0.2, 0.25) is 0 Å². The molecule has 3 aromatic rings. The molecule has 0 aliphatic carbocycles. The minimum atomic E-state index is -2.90. The summed E-state index contributed by atoms with van der Waals surface area (Å²) in [6.07, 6.45) is 0. The van der Waals surface area contributed by atoms with Gasteiger partial charge in [0.15, 0.2) is 5.76 Å². The van der Waals surface area contributed by atoms with Crippen LogP contribution in [-0.2, 0) is 0 Å². The second-order valence-electron chi connectivity index (χ2n) is 4.75. The molecule has 1 heterocycles. The summed E-state index contributed by atoms with van der Waals surface area (Å²) in [4.78, 5) is 12.4. The molecule has 6 heteroatoms. The van der Waals surface area contributed by atoms with E-state index in [4.69, 9.17) is 9.15 Å². The first-order chi connectivity index (χ1) is 11.1. The molecular weight excluding hydrogens is 306 g/mol. The number of hydrogen-bond donors (Lipinski definition) is 0. The summed E-state index contributed by atoms with van der Waals surface area (Å²) in [6.45, 7) is -2.90. The van der Waals surface area contributed by atoms with Crippen molar-refractivity contribution >= 4 is 16.8 Å². The number of carbonyl (C=O) groups is 1. The maximum atomic E-state index is 12.4. The Morgan fingerprint density at radius 2 is 1.74 bits per heavy atom. The second-order valence-corrected chi connectivity index (χ2v) is 4.75. The second kappa shape index (κ2) is 6.08. The van der Waals surface area contributed by atoms with Crippen LogP contribution >= 0.6 is 0 Å². The average Bonchev–Trinajstić information content (AvgIpc) is 2.97. The summed E-state index contributed by atoms with van der Waals surface area (Å²) >= 11 is 0. The highest BCUT2D eigenvalue weighted by molar-refractivity contribution is 6.09. The Balaban J connectivity index is 1.87. The predicted molar refractivity (Wildman–Crippen MR) is 79.3 cm³/mol. The zero-order chi connectivity index (χ0) is 16.4. The summed E-state index contributed by atoms with van der Waals surface area (Å²) in [7, 11) is 1.54. The molecular formula is C17H12F2O4. The number of carbonyl (C=O) groups excluding carboxylic acids is 1. The number of benzene rings is 2. The van der Waals surface area contributed by atoms with E-state index in [1.54, 1.807) is 31.4 Å². The third kappa shape index (κ3) is 3.15. The minimum absolute atomic E-state index is 0.00843. The fourth-order valence-corrected chi connectivity index (χ4v) is 2.18. The molecule has 0 fully saturated rings. The number of rotatable bonds is 5. The lowest BCUT2D eigenvalue weighted by Gasteiger charge is -2.04. The number of hydrogen-bond acceptors (Lipinski definition) is 4. The number of fused-ring (bicyclic) bond motifs is 1. The zero-order valence-electron chi connectivity index (χ0n) is 12.1. The fraction of sp³-hybridized carbons (Fsp3) is 0.118. The molecule has 0 spiro atoms. The summed E-state index contributed by atoms with van der Waals surface area (Å²) in [5, 5.41) is 0.770. The molecule has 2 aromatic carbocycles. The van der Waals surface area contributed by atoms with E-state index in [0.717, 1.165) is 5.39 Å². The van der Waals surface area contributed by atoms with E-state index in [2.05, 4.69) is 4.74 Å². The SMILES string of the molecule is COc1ccc2cc(C(=O)c3ccc(OC(F)F)cc3)oc2c1. The highest BCUT2D eigenvalue weighted by Gasteiger charge is 2.15. The number of alkyl halides is 2. The molecule has 0 saturated carbocycles. The summed E-state index contributed by atoms with van der Waals surface area (Å²) in [5.74, 6) is 0.435. The van der Waals surface area contributed by atoms with E-state index < -0.39 is 6.61 Å². The van der Waals surface area contributed by atoms with Crippen molar-refractivity contribution in [1.29, 1.82) is 0 Å².